The van der Waals surface area contributed by atoms with Crippen LogP contribution in [0.2, 0.25) is 0 Å². The maximum Gasteiger partial charge on any atom is 0.270 e. The van der Waals surface area contributed by atoms with Crippen LogP contribution in [0.3, 0.4) is 0 Å². The highest BCUT2D eigenvalue weighted by molar-refractivity contribution is 14.1. The zero-order valence-electron chi connectivity index (χ0n) is 9.65. The number of nitro groups is 1. The molecule has 0 saturated heterocycles. The van der Waals surface area contributed by atoms with Gasteiger partial charge in [-0.15, -0.1) is 0 Å². The van der Waals surface area contributed by atoms with Crippen molar-refractivity contribution in [2.24, 2.45) is 5.92 Å². The fourth-order valence-corrected chi connectivity index (χ4v) is 2.69. The first kappa shape index (κ1) is 12.6. The molecule has 17 heavy (non-hydrogen) atoms. The summed E-state index contributed by atoms with van der Waals surface area (Å²) in [7, 11) is 0. The summed E-state index contributed by atoms with van der Waals surface area (Å²) in [6.07, 6.45) is 3.91. The van der Waals surface area contributed by atoms with Gasteiger partial charge in [0.1, 0.15) is 0 Å². The third-order valence-corrected chi connectivity index (χ3v) is 4.30. The molecule has 0 heterocycles. The van der Waals surface area contributed by atoms with E-state index in [1.54, 1.807) is 18.2 Å². The van der Waals surface area contributed by atoms with Gasteiger partial charge < -0.3 is 5.32 Å². The highest BCUT2D eigenvalue weighted by Crippen LogP contribution is 2.32. The molecule has 92 valence electrons. The van der Waals surface area contributed by atoms with E-state index >= 15 is 0 Å². The van der Waals surface area contributed by atoms with Gasteiger partial charge in [-0.05, 0) is 54.3 Å². The monoisotopic (exact) mass is 346 g/mol. The van der Waals surface area contributed by atoms with Crippen LogP contribution in [0.4, 0.5) is 11.4 Å². The third kappa shape index (κ3) is 2.88. The maximum absolute atomic E-state index is 10.6. The van der Waals surface area contributed by atoms with Crippen LogP contribution >= 0.6 is 22.6 Å². The quantitative estimate of drug-likeness (QED) is 0.513. The largest absolute Gasteiger partial charge is 0.381 e. The van der Waals surface area contributed by atoms with Crippen LogP contribution in [0.15, 0.2) is 18.2 Å². The van der Waals surface area contributed by atoms with Crippen molar-refractivity contribution >= 4 is 34.0 Å². The molecule has 5 heteroatoms. The molecular weight excluding hydrogens is 331 g/mol. The predicted octanol–water partition coefficient (Wildman–Crippen LogP) is 3.80. The van der Waals surface area contributed by atoms with Crippen molar-refractivity contribution in [2.45, 2.75) is 32.2 Å². The predicted molar refractivity (Wildman–Crippen MR) is 76.2 cm³/mol. The molecule has 0 bridgehead atoms. The maximum atomic E-state index is 10.6. The molecule has 0 aliphatic heterocycles. The molecule has 1 aromatic rings. The lowest BCUT2D eigenvalue weighted by atomic mass is 9.80. The van der Waals surface area contributed by atoms with Crippen molar-refractivity contribution in [3.05, 3.63) is 31.9 Å². The van der Waals surface area contributed by atoms with Crippen LogP contribution in [0.5, 0.6) is 0 Å². The molecular formula is C12H15IN2O2. The van der Waals surface area contributed by atoms with Crippen LogP contribution in [-0.4, -0.2) is 11.0 Å². The van der Waals surface area contributed by atoms with Gasteiger partial charge in [0.2, 0.25) is 0 Å². The number of hydrogen-bond donors (Lipinski definition) is 1. The molecule has 1 saturated carbocycles. The van der Waals surface area contributed by atoms with Gasteiger partial charge in [0.15, 0.2) is 0 Å². The van der Waals surface area contributed by atoms with Gasteiger partial charge in [-0.3, -0.25) is 10.1 Å². The Morgan fingerprint density at radius 1 is 1.53 bits per heavy atom. The van der Waals surface area contributed by atoms with Gasteiger partial charge >= 0.3 is 0 Å². The van der Waals surface area contributed by atoms with Crippen LogP contribution in [0.25, 0.3) is 0 Å². The van der Waals surface area contributed by atoms with Crippen LogP contribution in [-0.2, 0) is 0 Å². The first-order valence-electron chi connectivity index (χ1n) is 5.78. The number of halogens is 1. The summed E-state index contributed by atoms with van der Waals surface area (Å²) >= 11 is 2.14. The Balaban J connectivity index is 2.07. The summed E-state index contributed by atoms with van der Waals surface area (Å²) in [4.78, 5) is 10.3. The SMILES string of the molecule is CC(Nc1ccc([N+](=O)[O-])cc1I)C1CCC1. The Morgan fingerprint density at radius 3 is 2.71 bits per heavy atom. The van der Waals surface area contributed by atoms with Gasteiger partial charge in [0, 0.05) is 27.4 Å². The summed E-state index contributed by atoms with van der Waals surface area (Å²) in [5.74, 6) is 0.751. The van der Waals surface area contributed by atoms with E-state index in [0.29, 0.717) is 6.04 Å². The Hall–Kier alpha value is -0.850. The Bertz CT molecular complexity index is 433. The molecule has 1 atom stereocenters. The highest BCUT2D eigenvalue weighted by atomic mass is 127. The minimum absolute atomic E-state index is 0.149. The van der Waals surface area contributed by atoms with Crippen molar-refractivity contribution in [2.75, 3.05) is 5.32 Å². The smallest absolute Gasteiger partial charge is 0.270 e. The van der Waals surface area contributed by atoms with Crippen LogP contribution < -0.4 is 5.32 Å². The summed E-state index contributed by atoms with van der Waals surface area (Å²) in [6, 6.07) is 5.41. The number of non-ortho nitro benzene ring substituents is 1. The molecule has 0 spiro atoms. The number of nitro benzene ring substituents is 1. The Kier molecular flexibility index (Phi) is 3.86. The molecule has 1 fully saturated rings. The molecule has 1 aliphatic carbocycles. The number of hydrogen-bond acceptors (Lipinski definition) is 3. The van der Waals surface area contributed by atoms with E-state index in [2.05, 4.69) is 34.8 Å². The molecule has 2 rings (SSSR count). The van der Waals surface area contributed by atoms with Crippen LogP contribution in [0.1, 0.15) is 26.2 Å². The number of nitrogens with one attached hydrogen (secondary N) is 1. The van der Waals surface area contributed by atoms with Crippen LogP contribution in [0, 0.1) is 19.6 Å². The van der Waals surface area contributed by atoms with Crippen molar-refractivity contribution < 1.29 is 4.92 Å². The van der Waals surface area contributed by atoms with E-state index in [0.717, 1.165) is 15.2 Å². The van der Waals surface area contributed by atoms with E-state index in [4.69, 9.17) is 0 Å². The lowest BCUT2D eigenvalue weighted by molar-refractivity contribution is -0.384. The molecule has 1 N–H and O–H groups in total. The zero-order valence-corrected chi connectivity index (χ0v) is 11.8. The fourth-order valence-electron chi connectivity index (χ4n) is 2.04. The summed E-state index contributed by atoms with van der Waals surface area (Å²) < 4.78 is 0.906. The molecule has 1 aliphatic rings. The number of benzene rings is 1. The molecule has 0 aromatic heterocycles. The highest BCUT2D eigenvalue weighted by Gasteiger charge is 2.24. The lowest BCUT2D eigenvalue weighted by Gasteiger charge is -2.32. The Labute approximate surface area is 114 Å². The first-order chi connectivity index (χ1) is 8.08. The van der Waals surface area contributed by atoms with Gasteiger partial charge in [-0.2, -0.15) is 0 Å². The third-order valence-electron chi connectivity index (χ3n) is 3.40. The van der Waals surface area contributed by atoms with Crippen molar-refractivity contribution in [3.63, 3.8) is 0 Å². The van der Waals surface area contributed by atoms with Gasteiger partial charge in [-0.1, -0.05) is 6.42 Å². The molecule has 1 unspecified atom stereocenters. The van der Waals surface area contributed by atoms with Crippen molar-refractivity contribution in [1.82, 2.24) is 0 Å². The molecule has 1 aromatic carbocycles. The minimum atomic E-state index is -0.360. The average Bonchev–Trinajstić information content (AvgIpc) is 2.18. The number of rotatable bonds is 4. The average molecular weight is 346 g/mol. The second-order valence-corrected chi connectivity index (χ2v) is 5.71. The standard InChI is InChI=1S/C12H15IN2O2/c1-8(9-3-2-4-9)14-12-6-5-10(15(16)17)7-11(12)13/h5-9,14H,2-4H2,1H3. The van der Waals surface area contributed by atoms with Crippen molar-refractivity contribution in [1.29, 1.82) is 0 Å². The molecule has 0 amide bonds. The second-order valence-electron chi connectivity index (χ2n) is 4.55. The zero-order chi connectivity index (χ0) is 12.4. The summed E-state index contributed by atoms with van der Waals surface area (Å²) in [6.45, 7) is 2.18. The summed E-state index contributed by atoms with van der Waals surface area (Å²) in [5.41, 5.74) is 1.15. The number of anilines is 1. The topological polar surface area (TPSA) is 55.2 Å². The normalized spacial score (nSPS) is 17.3. The van der Waals surface area contributed by atoms with E-state index in [9.17, 15) is 10.1 Å². The minimum Gasteiger partial charge on any atom is -0.381 e. The second kappa shape index (κ2) is 5.20. The van der Waals surface area contributed by atoms with Gasteiger partial charge in [0.25, 0.3) is 5.69 Å². The van der Waals surface area contributed by atoms with E-state index in [-0.39, 0.29) is 10.6 Å². The molecule has 0 radical (unpaired) electrons. The van der Waals surface area contributed by atoms with E-state index < -0.39 is 0 Å². The van der Waals surface area contributed by atoms with E-state index in [1.165, 1.54) is 19.3 Å². The van der Waals surface area contributed by atoms with Crippen molar-refractivity contribution in [3.8, 4) is 0 Å². The molecule has 4 nitrogen and oxygen atoms in total. The fraction of sp³-hybridized carbons (Fsp3) is 0.500. The van der Waals surface area contributed by atoms with E-state index in [1.807, 2.05) is 0 Å². The summed E-state index contributed by atoms with van der Waals surface area (Å²) in [5, 5.41) is 14.1. The number of nitrogens with zero attached hydrogens (tertiary/aromatic N) is 1. The Morgan fingerprint density at radius 2 is 2.24 bits per heavy atom. The lowest BCUT2D eigenvalue weighted by Crippen LogP contribution is -2.31. The van der Waals surface area contributed by atoms with Gasteiger partial charge in [-0.25, -0.2) is 0 Å². The first-order valence-corrected chi connectivity index (χ1v) is 6.86. The van der Waals surface area contributed by atoms with Gasteiger partial charge in [0.05, 0.1) is 4.92 Å².